The number of nitrogens with one attached hydrogen (secondary N) is 2. The van der Waals surface area contributed by atoms with Gasteiger partial charge in [-0.3, -0.25) is 5.10 Å². The van der Waals surface area contributed by atoms with E-state index in [9.17, 15) is 0 Å². The molecule has 0 atom stereocenters. The van der Waals surface area contributed by atoms with Crippen molar-refractivity contribution >= 4 is 40.0 Å². The molecule has 0 spiro atoms. The number of hydrogen-bond donors (Lipinski definition) is 2. The molecule has 0 saturated carbocycles. The summed E-state index contributed by atoms with van der Waals surface area (Å²) in [6.07, 6.45) is 1.81. The van der Waals surface area contributed by atoms with Crippen LogP contribution in [0.1, 0.15) is 22.4 Å². The first-order chi connectivity index (χ1) is 14.2. The van der Waals surface area contributed by atoms with Crippen LogP contribution in [0, 0.1) is 0 Å². The fourth-order valence-corrected chi connectivity index (χ4v) is 4.14. The van der Waals surface area contributed by atoms with Gasteiger partial charge in [0.25, 0.3) is 0 Å². The molecular formula is C21H17ClN6O. The molecule has 0 unspecified atom stereocenters. The monoisotopic (exact) mass is 404 g/mol. The van der Waals surface area contributed by atoms with E-state index in [2.05, 4.69) is 32.5 Å². The Balaban J connectivity index is 1.36. The molecular weight excluding hydrogens is 388 g/mol. The van der Waals surface area contributed by atoms with Gasteiger partial charge in [0.15, 0.2) is 0 Å². The first-order valence-electron chi connectivity index (χ1n) is 9.43. The second-order valence-electron chi connectivity index (χ2n) is 7.36. The number of nitrogens with zero attached hydrogens (tertiary/aromatic N) is 4. The Hall–Kier alpha value is -3.16. The van der Waals surface area contributed by atoms with Crippen LogP contribution in [0.2, 0.25) is 5.02 Å². The van der Waals surface area contributed by atoms with Crippen molar-refractivity contribution in [2.24, 2.45) is 0 Å². The summed E-state index contributed by atoms with van der Waals surface area (Å²) in [7, 11) is 0. The molecule has 2 aromatic carbocycles. The number of hydrogen-bond acceptors (Lipinski definition) is 6. The maximum absolute atomic E-state index is 6.16. The van der Waals surface area contributed by atoms with Gasteiger partial charge in [0.05, 0.1) is 30.6 Å². The fraction of sp³-hybridized carbons (Fsp3) is 0.190. The number of fused-ring (bicyclic) bond motifs is 3. The minimum atomic E-state index is 0.507. The van der Waals surface area contributed by atoms with Gasteiger partial charge in [-0.05, 0) is 41.5 Å². The lowest BCUT2D eigenvalue weighted by Gasteiger charge is -2.18. The van der Waals surface area contributed by atoms with Gasteiger partial charge in [-0.1, -0.05) is 17.7 Å². The zero-order valence-electron chi connectivity index (χ0n) is 15.4. The molecule has 0 amide bonds. The van der Waals surface area contributed by atoms with E-state index in [1.54, 1.807) is 0 Å². The van der Waals surface area contributed by atoms with Gasteiger partial charge in [0, 0.05) is 34.7 Å². The molecule has 0 bridgehead atoms. The summed E-state index contributed by atoms with van der Waals surface area (Å²) in [6, 6.07) is 12.1. The van der Waals surface area contributed by atoms with Crippen LogP contribution in [-0.4, -0.2) is 20.2 Å². The third kappa shape index (κ3) is 2.90. The molecule has 0 aliphatic carbocycles. The number of aromatic nitrogens is 4. The molecule has 0 radical (unpaired) electrons. The van der Waals surface area contributed by atoms with Crippen molar-refractivity contribution in [2.75, 3.05) is 10.2 Å². The van der Waals surface area contributed by atoms with Gasteiger partial charge in [-0.15, -0.1) is 0 Å². The van der Waals surface area contributed by atoms with Crippen LogP contribution < -0.4 is 10.2 Å². The van der Waals surface area contributed by atoms with Gasteiger partial charge < -0.3 is 15.0 Å². The second-order valence-corrected chi connectivity index (χ2v) is 7.79. The zero-order chi connectivity index (χ0) is 19.4. The number of rotatable bonds is 3. The minimum absolute atomic E-state index is 0.507. The molecule has 144 valence electrons. The largest absolute Gasteiger partial charge is 0.370 e. The van der Waals surface area contributed by atoms with Crippen molar-refractivity contribution in [3.05, 3.63) is 70.0 Å². The topological polar surface area (TPSA) is 79.0 Å². The normalized spacial score (nSPS) is 15.0. The average Bonchev–Trinajstić information content (AvgIpc) is 3.45. The molecule has 2 N–H and O–H groups in total. The van der Waals surface area contributed by atoms with Gasteiger partial charge in [0.1, 0.15) is 5.82 Å². The van der Waals surface area contributed by atoms with Gasteiger partial charge in [-0.2, -0.15) is 10.1 Å². The van der Waals surface area contributed by atoms with E-state index in [4.69, 9.17) is 26.3 Å². The Bertz CT molecular complexity index is 1250. The molecule has 8 heteroatoms. The number of aromatic amines is 1. The van der Waals surface area contributed by atoms with Crippen LogP contribution >= 0.6 is 11.6 Å². The predicted octanol–water partition coefficient (Wildman–Crippen LogP) is 4.30. The molecule has 2 aromatic heterocycles. The lowest BCUT2D eigenvalue weighted by atomic mass is 10.1. The number of anilines is 3. The maximum Gasteiger partial charge on any atom is 0.228 e. The molecule has 6 rings (SSSR count). The molecule has 4 heterocycles. The van der Waals surface area contributed by atoms with Gasteiger partial charge in [0.2, 0.25) is 5.95 Å². The van der Waals surface area contributed by atoms with Crippen molar-refractivity contribution in [2.45, 2.75) is 26.3 Å². The van der Waals surface area contributed by atoms with E-state index in [1.165, 1.54) is 11.1 Å². The molecule has 4 aromatic rings. The van der Waals surface area contributed by atoms with Crippen molar-refractivity contribution < 1.29 is 4.74 Å². The molecule has 0 saturated heterocycles. The summed E-state index contributed by atoms with van der Waals surface area (Å²) in [6.45, 7) is 2.54. The lowest BCUT2D eigenvalue weighted by molar-refractivity contribution is 0.133. The smallest absolute Gasteiger partial charge is 0.228 e. The average molecular weight is 405 g/mol. The van der Waals surface area contributed by atoms with E-state index in [0.717, 1.165) is 51.8 Å². The summed E-state index contributed by atoms with van der Waals surface area (Å²) in [5, 5.41) is 12.3. The summed E-state index contributed by atoms with van der Waals surface area (Å²) in [4.78, 5) is 11.8. The summed E-state index contributed by atoms with van der Waals surface area (Å²) in [5.41, 5.74) is 6.39. The van der Waals surface area contributed by atoms with Crippen molar-refractivity contribution in [3.63, 3.8) is 0 Å². The number of halogens is 1. The van der Waals surface area contributed by atoms with Crippen LogP contribution in [0.15, 0.2) is 42.6 Å². The van der Waals surface area contributed by atoms with Crippen LogP contribution in [0.25, 0.3) is 10.9 Å². The summed E-state index contributed by atoms with van der Waals surface area (Å²) in [5.74, 6) is 1.49. The quantitative estimate of drug-likeness (QED) is 0.530. The highest BCUT2D eigenvalue weighted by atomic mass is 35.5. The second kappa shape index (κ2) is 6.43. The fourth-order valence-electron chi connectivity index (χ4n) is 3.94. The minimum Gasteiger partial charge on any atom is -0.370 e. The Morgan fingerprint density at radius 1 is 1.03 bits per heavy atom. The van der Waals surface area contributed by atoms with Crippen LogP contribution in [-0.2, 0) is 31.0 Å². The highest BCUT2D eigenvalue weighted by Gasteiger charge is 2.26. The van der Waals surface area contributed by atoms with Crippen molar-refractivity contribution in [1.29, 1.82) is 0 Å². The standard InChI is InChI=1S/C21H17ClN6O/c22-15-2-1-12-8-28(9-14(12)5-15)21-25-19-11-29-10-17(19)20(26-21)24-16-3-4-18-13(6-16)7-23-27-18/h1-7H,8-11H2,(H,23,27)(H,24,25,26). The van der Waals surface area contributed by atoms with E-state index >= 15 is 0 Å². The third-order valence-corrected chi connectivity index (χ3v) is 5.68. The Morgan fingerprint density at radius 2 is 1.97 bits per heavy atom. The predicted molar refractivity (Wildman–Crippen MR) is 111 cm³/mol. The highest BCUT2D eigenvalue weighted by Crippen LogP contribution is 2.33. The number of benzene rings is 2. The number of H-pyrrole nitrogens is 1. The maximum atomic E-state index is 6.16. The summed E-state index contributed by atoms with van der Waals surface area (Å²) < 4.78 is 5.65. The Labute approximate surface area is 171 Å². The first-order valence-corrected chi connectivity index (χ1v) is 9.81. The van der Waals surface area contributed by atoms with E-state index < -0.39 is 0 Å². The molecule has 2 aliphatic rings. The van der Waals surface area contributed by atoms with Crippen molar-refractivity contribution in [1.82, 2.24) is 20.2 Å². The van der Waals surface area contributed by atoms with Crippen LogP contribution in [0.5, 0.6) is 0 Å². The first kappa shape index (κ1) is 16.8. The van der Waals surface area contributed by atoms with Crippen LogP contribution in [0.3, 0.4) is 0 Å². The van der Waals surface area contributed by atoms with E-state index in [1.807, 2.05) is 30.5 Å². The lowest BCUT2D eigenvalue weighted by Crippen LogP contribution is -2.19. The van der Waals surface area contributed by atoms with Gasteiger partial charge in [-0.25, -0.2) is 4.98 Å². The molecule has 2 aliphatic heterocycles. The van der Waals surface area contributed by atoms with Crippen molar-refractivity contribution in [3.8, 4) is 0 Å². The summed E-state index contributed by atoms with van der Waals surface area (Å²) >= 11 is 6.16. The van der Waals surface area contributed by atoms with E-state index in [-0.39, 0.29) is 0 Å². The van der Waals surface area contributed by atoms with E-state index in [0.29, 0.717) is 19.2 Å². The highest BCUT2D eigenvalue weighted by molar-refractivity contribution is 6.30. The Kier molecular flexibility index (Phi) is 3.72. The third-order valence-electron chi connectivity index (χ3n) is 5.44. The van der Waals surface area contributed by atoms with Gasteiger partial charge >= 0.3 is 0 Å². The Morgan fingerprint density at radius 3 is 2.93 bits per heavy atom. The van der Waals surface area contributed by atoms with Crippen LogP contribution in [0.4, 0.5) is 17.5 Å². The molecule has 29 heavy (non-hydrogen) atoms. The SMILES string of the molecule is Clc1ccc2c(c1)CN(c1nc3c(c(Nc4ccc5[nH]ncc5c4)n1)COC3)C2. The zero-order valence-corrected chi connectivity index (χ0v) is 16.2. The molecule has 7 nitrogen and oxygen atoms in total. The number of ether oxygens (including phenoxy) is 1. The molecule has 0 fully saturated rings.